The predicted molar refractivity (Wildman–Crippen MR) is 137 cm³/mol. The van der Waals surface area contributed by atoms with Gasteiger partial charge in [0, 0.05) is 18.7 Å². The molecule has 0 unspecified atom stereocenters. The molecular formula is C25H30ClF3N6O5. The van der Waals surface area contributed by atoms with E-state index >= 15 is 0 Å². The fraction of sp³-hybridized carbons (Fsp3) is 0.560. The Morgan fingerprint density at radius 3 is 2.62 bits per heavy atom. The molecule has 0 radical (unpaired) electrons. The summed E-state index contributed by atoms with van der Waals surface area (Å²) in [4.78, 5) is 44.0. The number of pyridine rings is 1. The van der Waals surface area contributed by atoms with E-state index in [1.165, 1.54) is 31.7 Å². The number of methoxy groups -OCH3 is 1. The third-order valence-electron chi connectivity index (χ3n) is 7.19. The van der Waals surface area contributed by atoms with Crippen LogP contribution in [0.3, 0.4) is 0 Å². The second-order valence-electron chi connectivity index (χ2n) is 9.91. The molecule has 1 saturated heterocycles. The molecule has 4 amide bonds. The van der Waals surface area contributed by atoms with E-state index in [1.54, 1.807) is 6.92 Å². The highest BCUT2D eigenvalue weighted by Gasteiger charge is 2.48. The van der Waals surface area contributed by atoms with Crippen LogP contribution < -0.4 is 16.0 Å². The highest BCUT2D eigenvalue weighted by Crippen LogP contribution is 2.32. The molecule has 0 bridgehead atoms. The lowest BCUT2D eigenvalue weighted by Gasteiger charge is -2.31. The van der Waals surface area contributed by atoms with Crippen molar-refractivity contribution in [2.24, 2.45) is 5.92 Å². The molecule has 40 heavy (non-hydrogen) atoms. The van der Waals surface area contributed by atoms with Gasteiger partial charge in [0.15, 0.2) is 0 Å². The fourth-order valence-electron chi connectivity index (χ4n) is 5.00. The SMILES string of the molecule is COC[C@H](c1ccnc(NC(=O)[C@@H](NC(=O)c2conc2C)C2CCC(Cl)CC2)c1)N1C[C@@H](C(F)(F)F)NC1=O. The van der Waals surface area contributed by atoms with Crippen molar-refractivity contribution in [3.63, 3.8) is 0 Å². The lowest BCUT2D eigenvalue weighted by molar-refractivity contribution is -0.150. The Bertz CT molecular complexity index is 1220. The molecule has 218 valence electrons. The number of hydrogen-bond acceptors (Lipinski definition) is 7. The predicted octanol–water partition coefficient (Wildman–Crippen LogP) is 3.56. The summed E-state index contributed by atoms with van der Waals surface area (Å²) < 4.78 is 49.8. The van der Waals surface area contributed by atoms with Gasteiger partial charge in [0.05, 0.1) is 24.9 Å². The van der Waals surface area contributed by atoms with Crippen LogP contribution in [0.2, 0.25) is 0 Å². The highest BCUT2D eigenvalue weighted by molar-refractivity contribution is 6.20. The summed E-state index contributed by atoms with van der Waals surface area (Å²) in [6, 6.07) is -1.70. The third-order valence-corrected chi connectivity index (χ3v) is 7.63. The van der Waals surface area contributed by atoms with E-state index in [2.05, 4.69) is 20.8 Å². The maximum Gasteiger partial charge on any atom is 0.410 e. The Balaban J connectivity index is 1.53. The number of amides is 4. The van der Waals surface area contributed by atoms with E-state index in [4.69, 9.17) is 20.9 Å². The van der Waals surface area contributed by atoms with E-state index in [0.29, 0.717) is 36.9 Å². The summed E-state index contributed by atoms with van der Waals surface area (Å²) in [5, 5.41) is 11.1. The Hall–Kier alpha value is -3.39. The first-order chi connectivity index (χ1) is 19.0. The fourth-order valence-corrected chi connectivity index (χ4v) is 5.25. The topological polar surface area (TPSA) is 139 Å². The normalized spacial score (nSPS) is 22.9. The van der Waals surface area contributed by atoms with Crippen molar-refractivity contribution < 1.29 is 36.8 Å². The summed E-state index contributed by atoms with van der Waals surface area (Å²) in [6.07, 6.45) is 0.561. The largest absolute Gasteiger partial charge is 0.410 e. The summed E-state index contributed by atoms with van der Waals surface area (Å²) in [5.41, 5.74) is 0.985. The molecule has 0 spiro atoms. The Morgan fingerprint density at radius 1 is 1.30 bits per heavy atom. The van der Waals surface area contributed by atoms with Crippen LogP contribution in [0, 0.1) is 12.8 Å². The maximum absolute atomic E-state index is 13.5. The van der Waals surface area contributed by atoms with Gasteiger partial charge in [0.25, 0.3) is 5.91 Å². The number of ether oxygens (including phenoxy) is 1. The minimum Gasteiger partial charge on any atom is -0.382 e. The second kappa shape index (κ2) is 12.4. The molecule has 1 aliphatic heterocycles. The van der Waals surface area contributed by atoms with Gasteiger partial charge in [0.2, 0.25) is 5.91 Å². The first kappa shape index (κ1) is 29.6. The van der Waals surface area contributed by atoms with Crippen molar-refractivity contribution in [1.29, 1.82) is 0 Å². The number of alkyl halides is 4. The molecule has 1 saturated carbocycles. The Kier molecular flexibility index (Phi) is 9.19. The number of anilines is 1. The minimum absolute atomic E-state index is 0.00761. The molecule has 11 nitrogen and oxygen atoms in total. The quantitative estimate of drug-likeness (QED) is 0.382. The molecule has 3 heterocycles. The standard InChI is InChI=1S/C25H30ClF3N6O5/c1-13-17(11-40-34-13)22(36)33-21(14-3-5-16(26)6-4-14)23(37)32-20-9-15(7-8-30-20)18(12-39-2)35-10-19(25(27,28)29)31-24(35)38/h7-9,11,14,16,18-19,21H,3-6,10,12H2,1-2H3,(H,31,38)(H,33,36)(H,30,32,37)/t14?,16?,18-,19+,21+/m1/s1. The van der Waals surface area contributed by atoms with Crippen molar-refractivity contribution in [2.45, 2.75) is 62.3 Å². The van der Waals surface area contributed by atoms with Crippen LogP contribution in [0.1, 0.15) is 53.3 Å². The van der Waals surface area contributed by atoms with Gasteiger partial charge in [-0.25, -0.2) is 9.78 Å². The monoisotopic (exact) mass is 586 g/mol. The van der Waals surface area contributed by atoms with E-state index < -0.39 is 48.7 Å². The first-order valence-electron chi connectivity index (χ1n) is 12.7. The van der Waals surface area contributed by atoms with E-state index in [-0.39, 0.29) is 29.3 Å². The molecular weight excluding hydrogens is 557 g/mol. The number of nitrogens with one attached hydrogen (secondary N) is 3. The van der Waals surface area contributed by atoms with Gasteiger partial charge in [-0.1, -0.05) is 5.16 Å². The summed E-state index contributed by atoms with van der Waals surface area (Å²) in [6.45, 7) is 0.920. The van der Waals surface area contributed by atoms with Gasteiger partial charge in [-0.2, -0.15) is 13.2 Å². The lowest BCUT2D eigenvalue weighted by atomic mass is 9.83. The Morgan fingerprint density at radius 2 is 2.02 bits per heavy atom. The zero-order valence-electron chi connectivity index (χ0n) is 21.8. The summed E-state index contributed by atoms with van der Waals surface area (Å²) >= 11 is 6.25. The first-order valence-corrected chi connectivity index (χ1v) is 13.2. The number of rotatable bonds is 9. The molecule has 2 aromatic heterocycles. The smallest absolute Gasteiger partial charge is 0.382 e. The van der Waals surface area contributed by atoms with Crippen LogP contribution >= 0.6 is 11.6 Å². The van der Waals surface area contributed by atoms with E-state index in [0.717, 1.165) is 4.90 Å². The summed E-state index contributed by atoms with van der Waals surface area (Å²) in [7, 11) is 1.37. The third kappa shape index (κ3) is 6.84. The van der Waals surface area contributed by atoms with Crippen molar-refractivity contribution in [2.75, 3.05) is 25.6 Å². The number of urea groups is 1. The molecule has 3 N–H and O–H groups in total. The van der Waals surface area contributed by atoms with Crippen LogP contribution in [-0.2, 0) is 9.53 Å². The number of aromatic nitrogens is 2. The van der Waals surface area contributed by atoms with Crippen molar-refractivity contribution in [1.82, 2.24) is 25.7 Å². The molecule has 3 atom stereocenters. The minimum atomic E-state index is -4.60. The van der Waals surface area contributed by atoms with Gasteiger partial charge in [0.1, 0.15) is 29.7 Å². The lowest BCUT2D eigenvalue weighted by Crippen LogP contribution is -2.49. The highest BCUT2D eigenvalue weighted by atomic mass is 35.5. The van der Waals surface area contributed by atoms with Gasteiger partial charge < -0.3 is 30.1 Å². The zero-order valence-corrected chi connectivity index (χ0v) is 22.6. The van der Waals surface area contributed by atoms with Crippen LogP contribution in [-0.4, -0.2) is 76.8 Å². The zero-order chi connectivity index (χ0) is 29.0. The Labute approximate surface area is 233 Å². The molecule has 0 aromatic carbocycles. The van der Waals surface area contributed by atoms with Gasteiger partial charge in [-0.3, -0.25) is 9.59 Å². The summed E-state index contributed by atoms with van der Waals surface area (Å²) in [5.74, 6) is -1.14. The molecule has 4 rings (SSSR count). The number of halogens is 4. The molecule has 1 aliphatic carbocycles. The molecule has 15 heteroatoms. The van der Waals surface area contributed by atoms with Crippen molar-refractivity contribution in [3.8, 4) is 0 Å². The number of hydrogen-bond donors (Lipinski definition) is 3. The van der Waals surface area contributed by atoms with Crippen LogP contribution in [0.4, 0.5) is 23.8 Å². The van der Waals surface area contributed by atoms with Crippen molar-refractivity contribution >= 4 is 35.3 Å². The van der Waals surface area contributed by atoms with Crippen molar-refractivity contribution in [3.05, 3.63) is 41.4 Å². The van der Waals surface area contributed by atoms with Crippen LogP contribution in [0.25, 0.3) is 0 Å². The number of carbonyl (C=O) groups is 3. The molecule has 2 aromatic rings. The number of carbonyl (C=O) groups excluding carboxylic acids is 3. The van der Waals surface area contributed by atoms with Gasteiger partial charge in [-0.05, 0) is 56.2 Å². The molecule has 2 fully saturated rings. The van der Waals surface area contributed by atoms with Crippen LogP contribution in [0.5, 0.6) is 0 Å². The van der Waals surface area contributed by atoms with E-state index in [1.807, 2.05) is 5.32 Å². The average molecular weight is 587 g/mol. The number of nitrogens with zero attached hydrogens (tertiary/aromatic N) is 3. The average Bonchev–Trinajstić information content (AvgIpc) is 3.52. The second-order valence-corrected chi connectivity index (χ2v) is 10.5. The van der Waals surface area contributed by atoms with Gasteiger partial charge in [-0.15, -0.1) is 11.6 Å². The number of aryl methyl sites for hydroxylation is 1. The van der Waals surface area contributed by atoms with Gasteiger partial charge >= 0.3 is 12.2 Å². The molecule has 2 aliphatic rings. The maximum atomic E-state index is 13.5. The van der Waals surface area contributed by atoms with E-state index in [9.17, 15) is 27.6 Å². The van der Waals surface area contributed by atoms with Crippen LogP contribution in [0.15, 0.2) is 29.1 Å².